The van der Waals surface area contributed by atoms with Crippen LogP contribution in [0.15, 0.2) is 12.7 Å². The van der Waals surface area contributed by atoms with Crippen molar-refractivity contribution in [1.82, 2.24) is 29.7 Å². The van der Waals surface area contributed by atoms with Crippen molar-refractivity contribution in [2.24, 2.45) is 0 Å². The number of ether oxygens (including phenoxy) is 4. The van der Waals surface area contributed by atoms with Crippen LogP contribution in [0, 0.1) is 0 Å². The maximum absolute atomic E-state index is 9.38. The summed E-state index contributed by atoms with van der Waals surface area (Å²) in [5, 5.41) is 16.0. The van der Waals surface area contributed by atoms with Crippen LogP contribution >= 0.6 is 34.3 Å². The number of halogens is 1. The first-order chi connectivity index (χ1) is 27.5. The minimum Gasteiger partial charge on any atom is -0.393 e. The molecule has 6 aliphatic rings. The molecule has 15 heteroatoms. The first-order valence-corrected chi connectivity index (χ1v) is 23.0. The van der Waals surface area contributed by atoms with E-state index in [1.165, 1.54) is 71.1 Å². The number of aliphatic hydroxyl groups excluding tert-OH is 1. The lowest BCUT2D eigenvalue weighted by atomic mass is 9.89. The van der Waals surface area contributed by atoms with Gasteiger partial charge in [-0.25, -0.2) is 19.9 Å². The summed E-state index contributed by atoms with van der Waals surface area (Å²) in [7, 11) is 0. The smallest absolute Gasteiger partial charge is 0.141 e. The summed E-state index contributed by atoms with van der Waals surface area (Å²) in [6.07, 6.45) is 14.2. The molecule has 4 aromatic heterocycles. The van der Waals surface area contributed by atoms with Crippen molar-refractivity contribution >= 4 is 60.5 Å². The van der Waals surface area contributed by atoms with Crippen molar-refractivity contribution in [2.75, 3.05) is 57.9 Å². The summed E-state index contributed by atoms with van der Waals surface area (Å²) in [4.78, 5) is 27.3. The van der Waals surface area contributed by atoms with Crippen molar-refractivity contribution in [3.05, 3.63) is 38.7 Å². The fourth-order valence-electron chi connectivity index (χ4n) is 9.31. The number of anilines is 1. The van der Waals surface area contributed by atoms with E-state index in [9.17, 15) is 5.11 Å². The number of nitrogens with one attached hydrogen (secondary N) is 1. The maximum atomic E-state index is 9.38. The molecule has 0 unspecified atom stereocenters. The van der Waals surface area contributed by atoms with Crippen molar-refractivity contribution in [1.29, 1.82) is 0 Å². The molecule has 2 N–H and O–H groups in total. The number of fused-ring (bicyclic) bond motifs is 6. The predicted octanol–water partition coefficient (Wildman–Crippen LogP) is 7.42. The van der Waals surface area contributed by atoms with Gasteiger partial charge in [0.05, 0.1) is 67.7 Å². The van der Waals surface area contributed by atoms with Crippen LogP contribution in [-0.4, -0.2) is 123 Å². The van der Waals surface area contributed by atoms with Crippen LogP contribution in [0.4, 0.5) is 5.82 Å². The van der Waals surface area contributed by atoms with Gasteiger partial charge in [0.1, 0.15) is 33.3 Å². The van der Waals surface area contributed by atoms with Crippen LogP contribution in [0.3, 0.4) is 0 Å². The van der Waals surface area contributed by atoms with E-state index < -0.39 is 0 Å². The Morgan fingerprint density at radius 2 is 1.14 bits per heavy atom. The summed E-state index contributed by atoms with van der Waals surface area (Å²) >= 11 is 9.56. The monoisotopic (exact) mass is 841 g/mol. The van der Waals surface area contributed by atoms with Gasteiger partial charge < -0.3 is 29.4 Å². The Labute approximate surface area is 350 Å². The van der Waals surface area contributed by atoms with E-state index in [1.54, 1.807) is 29.0 Å². The van der Waals surface area contributed by atoms with Gasteiger partial charge in [0.2, 0.25) is 0 Å². The molecule has 0 bridgehead atoms. The van der Waals surface area contributed by atoms with E-state index in [0.717, 1.165) is 105 Å². The third-order valence-corrected chi connectivity index (χ3v) is 15.0. The third kappa shape index (κ3) is 10.1. The van der Waals surface area contributed by atoms with Gasteiger partial charge in [-0.05, 0) is 90.2 Å². The van der Waals surface area contributed by atoms with Crippen molar-refractivity contribution in [2.45, 2.75) is 141 Å². The highest BCUT2D eigenvalue weighted by atomic mass is 35.5. The molecule has 4 aromatic rings. The van der Waals surface area contributed by atoms with Crippen LogP contribution in [0.5, 0.6) is 0 Å². The highest BCUT2D eigenvalue weighted by Crippen LogP contribution is 2.42. The van der Waals surface area contributed by atoms with Crippen LogP contribution in [-0.2, 0) is 45.0 Å². The van der Waals surface area contributed by atoms with Crippen molar-refractivity contribution in [3.63, 3.8) is 0 Å². The Kier molecular flexibility index (Phi) is 13.3. The second-order valence-electron chi connectivity index (χ2n) is 17.6. The van der Waals surface area contributed by atoms with Gasteiger partial charge in [-0.1, -0.05) is 11.6 Å². The van der Waals surface area contributed by atoms with E-state index in [2.05, 4.69) is 62.7 Å². The Balaban J connectivity index is 0.000000132. The Morgan fingerprint density at radius 3 is 1.68 bits per heavy atom. The first kappa shape index (κ1) is 41.6. The number of hydrogen-bond acceptors (Lipinski definition) is 14. The van der Waals surface area contributed by atoms with Crippen molar-refractivity contribution in [3.8, 4) is 0 Å². The van der Waals surface area contributed by atoms with E-state index in [4.69, 9.17) is 30.5 Å². The van der Waals surface area contributed by atoms with E-state index in [-0.39, 0.29) is 17.3 Å². The molecule has 0 aromatic carbocycles. The number of morpholine rings is 2. The fourth-order valence-corrected chi connectivity index (χ4v) is 11.8. The number of aliphatic hydroxyl groups is 1. The largest absolute Gasteiger partial charge is 0.393 e. The minimum atomic E-state index is -0.125. The second-order valence-corrected chi connectivity index (χ2v) is 20.1. The van der Waals surface area contributed by atoms with E-state index in [0.29, 0.717) is 30.5 Å². The third-order valence-electron chi connectivity index (χ3n) is 12.5. The molecular weight excluding hydrogens is 782 g/mol. The van der Waals surface area contributed by atoms with Gasteiger partial charge in [0, 0.05) is 66.9 Å². The molecule has 2 saturated carbocycles. The van der Waals surface area contributed by atoms with Crippen molar-refractivity contribution < 1.29 is 24.1 Å². The van der Waals surface area contributed by atoms with Gasteiger partial charge in [-0.15, -0.1) is 22.7 Å². The van der Waals surface area contributed by atoms with Gasteiger partial charge >= 0.3 is 0 Å². The molecule has 8 heterocycles. The highest BCUT2D eigenvalue weighted by molar-refractivity contribution is 7.19. The van der Waals surface area contributed by atoms with Gasteiger partial charge in [0.15, 0.2) is 0 Å². The average molecular weight is 843 g/mol. The van der Waals surface area contributed by atoms with E-state index >= 15 is 0 Å². The standard InChI is InChI=1S/C21H30N4O2S.C11H11ClN2OS.C10H19NO2/c1-21(2)11-16-17(12-27-21)28-20-18(16)19(22-13-23-20)24-14-3-5-15(6-4-14)25-7-9-26-10-8-25;1-11(2)3-6-7(4-15-11)16-10-8(6)9(12)13-5-14-10;12-10-3-1-9(2-4-10)11-5-7-13-8-6-11/h13-15H,3-12H2,1-2H3,(H,22,23,24);5H,3-4H2,1-2H3;9-10,12H,1-8H2. The van der Waals surface area contributed by atoms with Crippen LogP contribution < -0.4 is 5.32 Å². The molecule has 0 spiro atoms. The van der Waals surface area contributed by atoms with E-state index in [1.807, 2.05) is 0 Å². The number of hydrogen-bond donors (Lipinski definition) is 2. The summed E-state index contributed by atoms with van der Waals surface area (Å²) in [5.41, 5.74) is 2.41. The summed E-state index contributed by atoms with van der Waals surface area (Å²) < 4.78 is 22.6. The van der Waals surface area contributed by atoms with Crippen LogP contribution in [0.2, 0.25) is 5.15 Å². The second kappa shape index (κ2) is 18.2. The Bertz CT molecular complexity index is 1950. The lowest BCUT2D eigenvalue weighted by Crippen LogP contribution is -2.46. The molecule has 0 amide bonds. The molecule has 312 valence electrons. The first-order valence-electron chi connectivity index (χ1n) is 21.0. The molecule has 4 fully saturated rings. The molecule has 10 rings (SSSR count). The quantitative estimate of drug-likeness (QED) is 0.199. The molecule has 2 saturated heterocycles. The summed E-state index contributed by atoms with van der Waals surface area (Å²) in [6, 6.07) is 1.94. The Morgan fingerprint density at radius 1 is 0.667 bits per heavy atom. The number of aromatic nitrogens is 4. The summed E-state index contributed by atoms with van der Waals surface area (Å²) in [6.45, 7) is 17.8. The molecule has 4 aliphatic heterocycles. The highest BCUT2D eigenvalue weighted by Gasteiger charge is 2.33. The van der Waals surface area contributed by atoms with Gasteiger partial charge in [-0.3, -0.25) is 9.80 Å². The molecule has 2 aliphatic carbocycles. The number of nitrogens with zero attached hydrogens (tertiary/aromatic N) is 6. The average Bonchev–Trinajstić information content (AvgIpc) is 3.77. The number of rotatable bonds is 4. The zero-order valence-corrected chi connectivity index (χ0v) is 36.5. The minimum absolute atomic E-state index is 0.0303. The number of thiophene rings is 2. The lowest BCUT2D eigenvalue weighted by Gasteiger charge is -2.39. The molecular formula is C42H60ClN7O5S2. The normalized spacial score (nSPS) is 27.7. The zero-order valence-electron chi connectivity index (χ0n) is 34.1. The molecule has 0 radical (unpaired) electrons. The predicted molar refractivity (Wildman–Crippen MR) is 228 cm³/mol. The SMILES string of the molecule is CC1(C)Cc2c(sc3ncnc(Cl)c23)CO1.CC1(C)Cc2c(sc3ncnc(NC4CCC(N5CCOCC5)CC4)c23)CO1.OC1CCC(N2CCOCC2)CC1. The topological polar surface area (TPSA) is 127 Å². The summed E-state index contributed by atoms with van der Waals surface area (Å²) in [5.74, 6) is 1.02. The Hall–Kier alpha value is -2.11. The lowest BCUT2D eigenvalue weighted by molar-refractivity contribution is -0.0382. The van der Waals surface area contributed by atoms with Gasteiger partial charge in [0.25, 0.3) is 0 Å². The van der Waals surface area contributed by atoms with Crippen LogP contribution in [0.25, 0.3) is 20.4 Å². The molecule has 57 heavy (non-hydrogen) atoms. The maximum Gasteiger partial charge on any atom is 0.141 e. The zero-order chi connectivity index (χ0) is 39.6. The fraction of sp³-hybridized carbons (Fsp3) is 0.714. The van der Waals surface area contributed by atoms with Gasteiger partial charge in [-0.2, -0.15) is 0 Å². The molecule has 0 atom stereocenters. The molecule has 12 nitrogen and oxygen atoms in total. The van der Waals surface area contributed by atoms with Crippen LogP contribution in [0.1, 0.15) is 99.9 Å².